The van der Waals surface area contributed by atoms with Crippen LogP contribution in [-0.4, -0.2) is 14.5 Å². The quantitative estimate of drug-likeness (QED) is 0.205. The second kappa shape index (κ2) is 10.7. The van der Waals surface area contributed by atoms with E-state index in [1.54, 1.807) is 0 Å². The van der Waals surface area contributed by atoms with E-state index < -0.39 is 0 Å². The number of fused-ring (bicyclic) bond motifs is 6. The molecule has 0 N–H and O–H groups in total. The summed E-state index contributed by atoms with van der Waals surface area (Å²) in [5.74, 6) is 0.854. The second-order valence-corrected chi connectivity index (χ2v) is 11.5. The Balaban J connectivity index is 1.22. The molecule has 0 unspecified atom stereocenters. The highest BCUT2D eigenvalue weighted by atomic mass is 15.2. The van der Waals surface area contributed by atoms with Crippen LogP contribution in [0.3, 0.4) is 0 Å². The molecule has 0 saturated heterocycles. The van der Waals surface area contributed by atoms with Crippen molar-refractivity contribution in [3.8, 4) is 50.5 Å². The SMILES string of the molecule is c1ccc(-c2ccccc2-n2c(-c3ccc(N4c5ccccc5-c5ccccc5-c5ccccc54)cc3)nc3ncccc32)cc1. The molecule has 46 heavy (non-hydrogen) atoms. The van der Waals surface area contributed by atoms with Gasteiger partial charge in [0.25, 0.3) is 0 Å². The van der Waals surface area contributed by atoms with Crippen molar-refractivity contribution < 1.29 is 0 Å². The van der Waals surface area contributed by atoms with Crippen LogP contribution in [0.4, 0.5) is 17.1 Å². The maximum atomic E-state index is 5.09. The van der Waals surface area contributed by atoms with Crippen LogP contribution in [0.1, 0.15) is 0 Å². The largest absolute Gasteiger partial charge is 0.309 e. The number of rotatable bonds is 4. The molecule has 2 aromatic heterocycles. The van der Waals surface area contributed by atoms with Gasteiger partial charge in [0.1, 0.15) is 5.82 Å². The first-order valence-electron chi connectivity index (χ1n) is 15.5. The zero-order valence-corrected chi connectivity index (χ0v) is 25.0. The number of hydrogen-bond acceptors (Lipinski definition) is 3. The predicted molar refractivity (Wildman–Crippen MR) is 189 cm³/mol. The summed E-state index contributed by atoms with van der Waals surface area (Å²) in [5, 5.41) is 0. The molecule has 0 bridgehead atoms. The summed E-state index contributed by atoms with van der Waals surface area (Å²) in [5.41, 5.74) is 14.4. The van der Waals surface area contributed by atoms with E-state index in [4.69, 9.17) is 4.98 Å². The molecule has 4 nitrogen and oxygen atoms in total. The average molecular weight is 589 g/mol. The molecule has 4 heteroatoms. The highest BCUT2D eigenvalue weighted by Crippen LogP contribution is 2.50. The van der Waals surface area contributed by atoms with Crippen molar-refractivity contribution in [2.75, 3.05) is 4.90 Å². The Morgan fingerprint density at radius 2 is 0.935 bits per heavy atom. The smallest absolute Gasteiger partial charge is 0.178 e. The van der Waals surface area contributed by atoms with Crippen LogP contribution in [0.2, 0.25) is 0 Å². The van der Waals surface area contributed by atoms with Crippen LogP contribution in [0.15, 0.2) is 170 Å². The molecule has 6 aromatic carbocycles. The van der Waals surface area contributed by atoms with E-state index in [9.17, 15) is 0 Å². The Kier molecular flexibility index (Phi) is 6.10. The maximum Gasteiger partial charge on any atom is 0.178 e. The van der Waals surface area contributed by atoms with Gasteiger partial charge in [0.15, 0.2) is 5.65 Å². The molecule has 0 amide bonds. The predicted octanol–water partition coefficient (Wildman–Crippen LogP) is 10.9. The van der Waals surface area contributed by atoms with Crippen LogP contribution < -0.4 is 4.90 Å². The lowest BCUT2D eigenvalue weighted by molar-refractivity contribution is 1.10. The summed E-state index contributed by atoms with van der Waals surface area (Å²) in [7, 11) is 0. The molecule has 9 rings (SSSR count). The zero-order chi connectivity index (χ0) is 30.5. The molecule has 0 saturated carbocycles. The standard InChI is InChI=1S/C42H28N4/c1-2-13-29(14-3-1)32-15-6-9-20-37(32)46-40-23-12-28-43-41(40)44-42(46)30-24-26-31(27-25-30)45-38-21-10-7-18-35(38)33-16-4-5-17-34(33)36-19-8-11-22-39(36)45/h1-28H. The van der Waals surface area contributed by atoms with E-state index in [0.29, 0.717) is 0 Å². The van der Waals surface area contributed by atoms with E-state index in [1.807, 2.05) is 12.3 Å². The van der Waals surface area contributed by atoms with Gasteiger partial charge in [0, 0.05) is 34.1 Å². The Hall–Kier alpha value is -6.26. The summed E-state index contributed by atoms with van der Waals surface area (Å²) in [6.07, 6.45) is 1.81. The number of benzene rings is 6. The van der Waals surface area contributed by atoms with Gasteiger partial charge >= 0.3 is 0 Å². The van der Waals surface area contributed by atoms with E-state index in [-0.39, 0.29) is 0 Å². The molecule has 1 aliphatic heterocycles. The lowest BCUT2D eigenvalue weighted by Crippen LogP contribution is -2.10. The van der Waals surface area contributed by atoms with Crippen LogP contribution in [0, 0.1) is 0 Å². The lowest BCUT2D eigenvalue weighted by Gasteiger charge is -2.27. The molecule has 0 spiro atoms. The number of aromatic nitrogens is 3. The second-order valence-electron chi connectivity index (χ2n) is 11.5. The van der Waals surface area contributed by atoms with Gasteiger partial charge in [-0.15, -0.1) is 0 Å². The highest BCUT2D eigenvalue weighted by Gasteiger charge is 2.26. The number of anilines is 3. The fraction of sp³-hybridized carbons (Fsp3) is 0. The van der Waals surface area contributed by atoms with E-state index in [2.05, 4.69) is 172 Å². The van der Waals surface area contributed by atoms with Crippen molar-refractivity contribution in [3.63, 3.8) is 0 Å². The Morgan fingerprint density at radius 3 is 1.59 bits per heavy atom. The molecular formula is C42H28N4. The van der Waals surface area contributed by atoms with E-state index in [0.717, 1.165) is 56.4 Å². The number of pyridine rings is 1. The van der Waals surface area contributed by atoms with Crippen LogP contribution >= 0.6 is 0 Å². The van der Waals surface area contributed by atoms with Crippen molar-refractivity contribution in [2.45, 2.75) is 0 Å². The highest BCUT2D eigenvalue weighted by molar-refractivity contribution is 6.02. The number of imidazole rings is 1. The average Bonchev–Trinajstić information content (AvgIpc) is 3.47. The van der Waals surface area contributed by atoms with E-state index >= 15 is 0 Å². The fourth-order valence-electron chi connectivity index (χ4n) is 6.79. The Labute approximate surface area is 267 Å². The summed E-state index contributed by atoms with van der Waals surface area (Å²) in [4.78, 5) is 12.1. The summed E-state index contributed by atoms with van der Waals surface area (Å²) in [6.45, 7) is 0. The third-order valence-corrected chi connectivity index (χ3v) is 8.84. The van der Waals surface area contributed by atoms with Gasteiger partial charge in [-0.3, -0.25) is 4.57 Å². The molecule has 0 fully saturated rings. The summed E-state index contributed by atoms with van der Waals surface area (Å²) < 4.78 is 2.24. The van der Waals surface area contributed by atoms with Crippen LogP contribution in [-0.2, 0) is 0 Å². The molecule has 0 aliphatic carbocycles. The third-order valence-electron chi connectivity index (χ3n) is 8.84. The van der Waals surface area contributed by atoms with Crippen molar-refractivity contribution in [3.05, 3.63) is 170 Å². The molecule has 8 aromatic rings. The Morgan fingerprint density at radius 1 is 0.391 bits per heavy atom. The monoisotopic (exact) mass is 588 g/mol. The molecule has 216 valence electrons. The molecular weight excluding hydrogens is 560 g/mol. The maximum absolute atomic E-state index is 5.09. The van der Waals surface area contributed by atoms with Gasteiger partial charge in [-0.05, 0) is 71.3 Å². The van der Waals surface area contributed by atoms with Crippen molar-refractivity contribution in [1.82, 2.24) is 14.5 Å². The van der Waals surface area contributed by atoms with Gasteiger partial charge < -0.3 is 4.90 Å². The zero-order valence-electron chi connectivity index (χ0n) is 25.0. The summed E-state index contributed by atoms with van der Waals surface area (Å²) in [6, 6.07) is 57.9. The van der Waals surface area contributed by atoms with Crippen molar-refractivity contribution >= 4 is 28.2 Å². The van der Waals surface area contributed by atoms with Gasteiger partial charge in [-0.25, -0.2) is 9.97 Å². The van der Waals surface area contributed by atoms with Gasteiger partial charge in [-0.1, -0.05) is 109 Å². The van der Waals surface area contributed by atoms with E-state index in [1.165, 1.54) is 22.3 Å². The topological polar surface area (TPSA) is 34.0 Å². The van der Waals surface area contributed by atoms with Gasteiger partial charge in [0.2, 0.25) is 0 Å². The number of para-hydroxylation sites is 3. The van der Waals surface area contributed by atoms with Crippen molar-refractivity contribution in [1.29, 1.82) is 0 Å². The van der Waals surface area contributed by atoms with Crippen molar-refractivity contribution in [2.24, 2.45) is 0 Å². The normalized spacial score (nSPS) is 11.9. The number of hydrogen-bond donors (Lipinski definition) is 0. The first-order chi connectivity index (χ1) is 22.8. The first kappa shape index (κ1) is 26.2. The lowest BCUT2D eigenvalue weighted by atomic mass is 9.95. The fourth-order valence-corrected chi connectivity index (χ4v) is 6.79. The minimum Gasteiger partial charge on any atom is -0.309 e. The molecule has 0 atom stereocenters. The van der Waals surface area contributed by atoms with Crippen LogP contribution in [0.25, 0.3) is 61.6 Å². The number of nitrogens with zero attached hydrogens (tertiary/aromatic N) is 4. The molecule has 0 radical (unpaired) electrons. The van der Waals surface area contributed by atoms with Gasteiger partial charge in [0.05, 0.1) is 22.6 Å². The summed E-state index contributed by atoms with van der Waals surface area (Å²) >= 11 is 0. The first-order valence-corrected chi connectivity index (χ1v) is 15.5. The van der Waals surface area contributed by atoms with Crippen LogP contribution in [0.5, 0.6) is 0 Å². The molecule has 1 aliphatic rings. The Bertz CT molecular complexity index is 2300. The minimum absolute atomic E-state index is 0.720. The third kappa shape index (κ3) is 4.15. The minimum atomic E-state index is 0.720. The molecule has 3 heterocycles. The van der Waals surface area contributed by atoms with Gasteiger partial charge in [-0.2, -0.15) is 0 Å².